The Morgan fingerprint density at radius 2 is 1.93 bits per heavy atom. The van der Waals surface area contributed by atoms with Gasteiger partial charge in [-0.15, -0.1) is 0 Å². The van der Waals surface area contributed by atoms with Crippen molar-refractivity contribution in [2.45, 2.75) is 81.6 Å². The van der Waals surface area contributed by atoms with Crippen molar-refractivity contribution in [3.05, 3.63) is 52.3 Å². The second-order valence-electron chi connectivity index (χ2n) is 15.1. The molecule has 1 saturated carbocycles. The molecule has 4 atom stereocenters. The number of carbonyl (C=O) groups is 1. The van der Waals surface area contributed by atoms with Crippen LogP contribution in [-0.4, -0.2) is 96.3 Å². The van der Waals surface area contributed by atoms with Gasteiger partial charge >= 0.3 is 18.2 Å². The van der Waals surface area contributed by atoms with Crippen molar-refractivity contribution in [1.82, 2.24) is 35.0 Å². The van der Waals surface area contributed by atoms with Crippen molar-refractivity contribution in [1.29, 1.82) is 0 Å². The van der Waals surface area contributed by atoms with Gasteiger partial charge in [-0.3, -0.25) is 10.00 Å². The summed E-state index contributed by atoms with van der Waals surface area (Å²) in [6, 6.07) is 1.65. The molecular formula is C37H35ClF7N9O4. The molecular weight excluding hydrogens is 803 g/mol. The Balaban J connectivity index is 0.000000617. The topological polar surface area (TPSA) is 168 Å². The van der Waals surface area contributed by atoms with Crippen LogP contribution in [0.2, 0.25) is 5.02 Å². The molecule has 3 fully saturated rings. The van der Waals surface area contributed by atoms with E-state index >= 15 is 8.78 Å². The molecule has 4 N–H and O–H groups in total. The molecule has 9 rings (SSSR count). The highest BCUT2D eigenvalue weighted by atomic mass is 35.5. The number of ether oxygens (including phenoxy) is 2. The molecule has 13 nitrogen and oxygen atoms in total. The van der Waals surface area contributed by atoms with Crippen LogP contribution in [0.1, 0.15) is 63.1 Å². The minimum Gasteiger partial charge on any atom is -0.475 e. The van der Waals surface area contributed by atoms with Crippen LogP contribution in [0.4, 0.5) is 42.4 Å². The minimum atomic E-state index is -5.08. The molecule has 0 spiro atoms. The Labute approximate surface area is 329 Å². The van der Waals surface area contributed by atoms with E-state index in [0.29, 0.717) is 29.4 Å². The molecule has 1 aliphatic carbocycles. The highest BCUT2D eigenvalue weighted by Gasteiger charge is 2.51. The molecule has 2 saturated heterocycles. The van der Waals surface area contributed by atoms with Crippen LogP contribution in [0.15, 0.2) is 24.5 Å². The number of nitrogens with one attached hydrogen (secondary N) is 1. The van der Waals surface area contributed by atoms with Crippen LogP contribution in [-0.2, 0) is 10.5 Å². The van der Waals surface area contributed by atoms with Crippen LogP contribution in [0.3, 0.4) is 0 Å². The Bertz CT molecular complexity index is 2450. The van der Waals surface area contributed by atoms with Gasteiger partial charge in [-0.2, -0.15) is 28.2 Å². The molecule has 7 heterocycles. The molecule has 4 aliphatic rings. The van der Waals surface area contributed by atoms with Crippen LogP contribution < -0.4 is 20.1 Å². The maximum Gasteiger partial charge on any atom is 0.490 e. The van der Waals surface area contributed by atoms with Crippen molar-refractivity contribution in [3.8, 4) is 23.1 Å². The number of hydrogen-bond acceptors (Lipinski definition) is 11. The van der Waals surface area contributed by atoms with Gasteiger partial charge < -0.3 is 25.2 Å². The fraction of sp³-hybridized carbons (Fsp3) is 0.459. The second kappa shape index (κ2) is 14.2. The zero-order chi connectivity index (χ0) is 41.5. The van der Waals surface area contributed by atoms with Crippen molar-refractivity contribution >= 4 is 51.0 Å². The molecule has 3 aliphatic heterocycles. The smallest absolute Gasteiger partial charge is 0.475 e. The summed E-state index contributed by atoms with van der Waals surface area (Å²) in [6.45, 7) is 4.90. The largest absolute Gasteiger partial charge is 0.490 e. The van der Waals surface area contributed by atoms with Gasteiger partial charge in [0.25, 0.3) is 0 Å². The van der Waals surface area contributed by atoms with E-state index in [1.54, 1.807) is 13.0 Å². The predicted octanol–water partition coefficient (Wildman–Crippen LogP) is 7.37. The number of carboxylic acid groups (broad SMARTS) is 1. The molecule has 308 valence electrons. The number of alkyl halides is 5. The molecule has 0 bridgehead atoms. The summed E-state index contributed by atoms with van der Waals surface area (Å²) < 4.78 is 107. The van der Waals surface area contributed by atoms with Crippen molar-refractivity contribution in [2.75, 3.05) is 36.9 Å². The van der Waals surface area contributed by atoms with Gasteiger partial charge in [0.15, 0.2) is 5.82 Å². The number of benzene rings is 1. The standard InChI is InChI=1S/C35H34ClF4N9O2.C2HF3O2/c1-16-14-50-32-25-29(27(39)28(44-32)24-21-12-43-47-23(21)9-22(36)26(24)35(40)5-6-35)45-33(51-15-34-4-3-7-48(34)13-19(38)10-34)46-31(25)49(16)17(2)20-8-18(37)11-42-30(20)41;3-2(4,5)1(6)7/h8-9,11-12,16-17,19H,3-7,10,13-15H2,1-2H3,(H2,41,42)(H,43,47);(H,6,7)/t16-,17+,19+,34-;/m0./s1. The molecule has 1 aromatic carbocycles. The number of rotatable bonds is 7. The lowest BCUT2D eigenvalue weighted by atomic mass is 9.94. The molecule has 0 unspecified atom stereocenters. The Morgan fingerprint density at radius 1 is 1.19 bits per heavy atom. The SMILES string of the molecule is C[C@H](c1cc(F)cnc1N)N1c2nc(OC[C@@]34CCCN3C[C@H](F)C4)nc3c(F)c(-c4c(C5(F)CC5)c(Cl)cc5[nH]ncc45)nc(c23)OC[C@@H]1C.O=C(O)C(F)(F)F. The normalized spacial score (nSPS) is 22.9. The molecule has 0 radical (unpaired) electrons. The molecule has 58 heavy (non-hydrogen) atoms. The average molecular weight is 838 g/mol. The first-order chi connectivity index (χ1) is 27.4. The van der Waals surface area contributed by atoms with Crippen LogP contribution in [0.5, 0.6) is 11.9 Å². The summed E-state index contributed by atoms with van der Waals surface area (Å²) in [5.74, 6) is -3.87. The van der Waals surface area contributed by atoms with Crippen LogP contribution in [0, 0.1) is 11.6 Å². The molecule has 5 aromatic rings. The summed E-state index contributed by atoms with van der Waals surface area (Å²) in [5, 5.41) is 14.8. The maximum absolute atomic E-state index is 17.4. The summed E-state index contributed by atoms with van der Waals surface area (Å²) in [5.41, 5.74) is 4.65. The van der Waals surface area contributed by atoms with E-state index in [1.165, 1.54) is 12.3 Å². The zero-order valence-electron chi connectivity index (χ0n) is 30.8. The Morgan fingerprint density at radius 3 is 2.64 bits per heavy atom. The third-order valence-electron chi connectivity index (χ3n) is 11.2. The fourth-order valence-corrected chi connectivity index (χ4v) is 8.75. The quantitative estimate of drug-likeness (QED) is 0.140. The number of hydrogen-bond donors (Lipinski definition) is 3. The maximum atomic E-state index is 17.4. The molecule has 0 amide bonds. The number of pyridine rings is 2. The Hall–Kier alpha value is -5.24. The number of nitrogens with two attached hydrogens (primary N) is 1. The fourth-order valence-electron chi connectivity index (χ4n) is 8.38. The van der Waals surface area contributed by atoms with Gasteiger partial charge in [0.05, 0.1) is 35.5 Å². The first-order valence-corrected chi connectivity index (χ1v) is 18.7. The third-order valence-corrected chi connectivity index (χ3v) is 11.5. The number of aliphatic carboxylic acids is 1. The van der Waals surface area contributed by atoms with Gasteiger partial charge in [-0.25, -0.2) is 32.3 Å². The first-order valence-electron chi connectivity index (χ1n) is 18.3. The van der Waals surface area contributed by atoms with Gasteiger partial charge in [0.1, 0.15) is 59.1 Å². The van der Waals surface area contributed by atoms with E-state index in [4.69, 9.17) is 46.7 Å². The van der Waals surface area contributed by atoms with Gasteiger partial charge in [-0.05, 0) is 58.2 Å². The minimum absolute atomic E-state index is 0.0118. The Kier molecular flexibility index (Phi) is 9.72. The number of nitrogen functional groups attached to an aromatic ring is 1. The molecule has 4 aromatic heterocycles. The zero-order valence-corrected chi connectivity index (χ0v) is 31.6. The third kappa shape index (κ3) is 6.82. The summed E-state index contributed by atoms with van der Waals surface area (Å²) >= 11 is 6.69. The number of anilines is 2. The van der Waals surface area contributed by atoms with E-state index < -0.39 is 53.2 Å². The summed E-state index contributed by atoms with van der Waals surface area (Å²) in [4.78, 5) is 31.0. The number of carboxylic acids is 1. The predicted molar refractivity (Wildman–Crippen MR) is 196 cm³/mol. The number of H-pyrrole nitrogens is 1. The van der Waals surface area contributed by atoms with Gasteiger partial charge in [0, 0.05) is 40.1 Å². The van der Waals surface area contributed by atoms with E-state index in [-0.39, 0.29) is 82.3 Å². The number of nitrogens with zero attached hydrogens (tertiary/aromatic N) is 7. The highest BCUT2D eigenvalue weighted by molar-refractivity contribution is 6.33. The lowest BCUT2D eigenvalue weighted by molar-refractivity contribution is -0.192. The van der Waals surface area contributed by atoms with Crippen LogP contribution in [0.25, 0.3) is 33.1 Å². The number of aromatic amines is 1. The van der Waals surface area contributed by atoms with Crippen molar-refractivity contribution in [3.63, 3.8) is 0 Å². The first kappa shape index (κ1) is 39.6. The van der Waals surface area contributed by atoms with Crippen LogP contribution >= 0.6 is 11.6 Å². The van der Waals surface area contributed by atoms with E-state index in [2.05, 4.69) is 25.1 Å². The summed E-state index contributed by atoms with van der Waals surface area (Å²) in [7, 11) is 0. The lowest BCUT2D eigenvalue weighted by Gasteiger charge is -2.35. The number of aromatic nitrogens is 6. The van der Waals surface area contributed by atoms with E-state index in [9.17, 15) is 22.0 Å². The van der Waals surface area contributed by atoms with Gasteiger partial charge in [0.2, 0.25) is 5.88 Å². The van der Waals surface area contributed by atoms with Gasteiger partial charge in [-0.1, -0.05) is 11.6 Å². The lowest BCUT2D eigenvalue weighted by Crippen LogP contribution is -2.43. The second-order valence-corrected chi connectivity index (χ2v) is 15.5. The average Bonchev–Trinajstić information content (AvgIpc) is 3.43. The van der Waals surface area contributed by atoms with E-state index in [1.807, 2.05) is 11.8 Å². The highest BCUT2D eigenvalue weighted by Crippen LogP contribution is 2.57. The number of fused-ring (bicyclic) bond motifs is 2. The van der Waals surface area contributed by atoms with Crippen molar-refractivity contribution < 1.29 is 50.1 Å². The van der Waals surface area contributed by atoms with E-state index in [0.717, 1.165) is 25.6 Å². The number of halogens is 8. The van der Waals surface area contributed by atoms with Crippen molar-refractivity contribution in [2.24, 2.45) is 0 Å². The monoisotopic (exact) mass is 837 g/mol. The molecule has 21 heteroatoms. The summed E-state index contributed by atoms with van der Waals surface area (Å²) in [6.07, 6.45) is -1.17.